The number of aryl methyl sites for hydroxylation is 1. The molecular formula is C11H14N2O6. The number of hydrogen-bond donors (Lipinski definition) is 3. The van der Waals surface area contributed by atoms with E-state index in [4.69, 9.17) is 5.73 Å². The third kappa shape index (κ3) is 2.98. The topological polar surface area (TPSA) is 136 Å². The van der Waals surface area contributed by atoms with Gasteiger partial charge in [-0.05, 0) is 13.0 Å². The fourth-order valence-corrected chi connectivity index (χ4v) is 1.61. The number of aliphatic hydroxyl groups is 2. The zero-order valence-corrected chi connectivity index (χ0v) is 10.4. The van der Waals surface area contributed by atoms with Crippen LogP contribution in [-0.4, -0.2) is 34.3 Å². The van der Waals surface area contributed by atoms with E-state index < -0.39 is 23.1 Å². The minimum absolute atomic E-state index is 0.0287. The number of nitrogen functional groups attached to an aromatic ring is 1. The van der Waals surface area contributed by atoms with Gasteiger partial charge in [0, 0.05) is 22.9 Å². The van der Waals surface area contributed by atoms with Gasteiger partial charge in [-0.3, -0.25) is 10.1 Å². The van der Waals surface area contributed by atoms with E-state index >= 15 is 0 Å². The Hall–Kier alpha value is -2.19. The quantitative estimate of drug-likeness (QED) is 0.304. The highest BCUT2D eigenvalue weighted by molar-refractivity contribution is 5.76. The third-order valence-electron chi connectivity index (χ3n) is 2.66. The summed E-state index contributed by atoms with van der Waals surface area (Å²) in [6, 6.07) is 2.32. The van der Waals surface area contributed by atoms with E-state index in [1.807, 2.05) is 0 Å². The number of carbonyl (C=O) groups is 1. The number of rotatable bonds is 4. The summed E-state index contributed by atoms with van der Waals surface area (Å²) in [5, 5.41) is 30.1. The number of methoxy groups -OCH3 is 1. The zero-order valence-electron chi connectivity index (χ0n) is 10.4. The van der Waals surface area contributed by atoms with Crippen molar-refractivity contribution in [3.8, 4) is 0 Å². The molecular weight excluding hydrogens is 256 g/mol. The second-order valence-corrected chi connectivity index (χ2v) is 3.94. The first kappa shape index (κ1) is 14.9. The summed E-state index contributed by atoms with van der Waals surface area (Å²) in [7, 11) is 1.06. The van der Waals surface area contributed by atoms with Crippen LogP contribution >= 0.6 is 0 Å². The molecule has 0 heterocycles. The van der Waals surface area contributed by atoms with Crippen molar-refractivity contribution in [2.24, 2.45) is 0 Å². The predicted molar refractivity (Wildman–Crippen MR) is 65.2 cm³/mol. The summed E-state index contributed by atoms with van der Waals surface area (Å²) in [5.74, 6) is -1.03. The highest BCUT2D eigenvalue weighted by Crippen LogP contribution is 2.30. The molecule has 1 aromatic carbocycles. The molecule has 1 rings (SSSR count). The van der Waals surface area contributed by atoms with Crippen LogP contribution in [0.5, 0.6) is 0 Å². The van der Waals surface area contributed by atoms with E-state index in [-0.39, 0.29) is 22.5 Å². The van der Waals surface area contributed by atoms with Crippen LogP contribution in [0.25, 0.3) is 0 Å². The van der Waals surface area contributed by atoms with Crippen LogP contribution in [-0.2, 0) is 9.53 Å². The second kappa shape index (κ2) is 5.63. The Bertz CT molecular complexity index is 516. The van der Waals surface area contributed by atoms with Crippen molar-refractivity contribution in [1.29, 1.82) is 0 Å². The van der Waals surface area contributed by atoms with E-state index in [1.54, 1.807) is 0 Å². The minimum atomic E-state index is -1.81. The molecule has 2 unspecified atom stereocenters. The van der Waals surface area contributed by atoms with Crippen molar-refractivity contribution in [2.75, 3.05) is 12.8 Å². The first-order chi connectivity index (χ1) is 8.79. The molecule has 4 N–H and O–H groups in total. The number of nitrogens with two attached hydrogens (primary N) is 1. The summed E-state index contributed by atoms with van der Waals surface area (Å²) in [6.45, 7) is 1.46. The molecule has 0 aliphatic heterocycles. The smallest absolute Gasteiger partial charge is 0.337 e. The molecule has 0 radical (unpaired) electrons. The van der Waals surface area contributed by atoms with Crippen LogP contribution in [0.4, 0.5) is 11.4 Å². The summed E-state index contributed by atoms with van der Waals surface area (Å²) in [4.78, 5) is 21.2. The fourth-order valence-electron chi connectivity index (χ4n) is 1.61. The highest BCUT2D eigenvalue weighted by atomic mass is 16.6. The number of benzene rings is 1. The lowest BCUT2D eigenvalue weighted by molar-refractivity contribution is -0.385. The van der Waals surface area contributed by atoms with Gasteiger partial charge < -0.3 is 20.7 Å². The molecule has 0 aliphatic carbocycles. The van der Waals surface area contributed by atoms with E-state index in [0.29, 0.717) is 0 Å². The van der Waals surface area contributed by atoms with Crippen molar-refractivity contribution in [1.82, 2.24) is 0 Å². The molecule has 19 heavy (non-hydrogen) atoms. The summed E-state index contributed by atoms with van der Waals surface area (Å²) in [6.07, 6.45) is -3.43. The van der Waals surface area contributed by atoms with Gasteiger partial charge in [0.1, 0.15) is 6.10 Å². The Labute approximate surface area is 108 Å². The normalized spacial score (nSPS) is 13.7. The Morgan fingerprint density at radius 1 is 1.47 bits per heavy atom. The first-order valence-corrected chi connectivity index (χ1v) is 5.28. The van der Waals surface area contributed by atoms with Crippen LogP contribution in [0.2, 0.25) is 0 Å². The van der Waals surface area contributed by atoms with Crippen molar-refractivity contribution in [2.45, 2.75) is 19.1 Å². The molecule has 0 amide bonds. The molecule has 2 atom stereocenters. The molecule has 0 aromatic heterocycles. The SMILES string of the molecule is COC(=O)C(O)C(O)c1cc(C)c([N+](=O)[O-])cc1N. The van der Waals surface area contributed by atoms with Crippen LogP contribution in [0.1, 0.15) is 17.2 Å². The van der Waals surface area contributed by atoms with Crippen molar-refractivity contribution in [3.63, 3.8) is 0 Å². The number of aliphatic hydroxyl groups excluding tert-OH is 2. The largest absolute Gasteiger partial charge is 0.467 e. The van der Waals surface area contributed by atoms with Crippen molar-refractivity contribution in [3.05, 3.63) is 33.4 Å². The van der Waals surface area contributed by atoms with E-state index in [9.17, 15) is 25.1 Å². The number of nitro benzene ring substituents is 1. The lowest BCUT2D eigenvalue weighted by atomic mass is 9.99. The first-order valence-electron chi connectivity index (χ1n) is 5.28. The third-order valence-corrected chi connectivity index (χ3v) is 2.66. The molecule has 0 saturated heterocycles. The Balaban J connectivity index is 3.18. The molecule has 104 valence electrons. The molecule has 0 spiro atoms. The second-order valence-electron chi connectivity index (χ2n) is 3.94. The van der Waals surface area contributed by atoms with E-state index in [0.717, 1.165) is 13.2 Å². The number of ether oxygens (including phenoxy) is 1. The lowest BCUT2D eigenvalue weighted by Gasteiger charge is -2.18. The average Bonchev–Trinajstić information content (AvgIpc) is 2.37. The van der Waals surface area contributed by atoms with Gasteiger partial charge in [0.05, 0.1) is 12.0 Å². The van der Waals surface area contributed by atoms with Crippen LogP contribution in [0, 0.1) is 17.0 Å². The zero-order chi connectivity index (χ0) is 14.7. The number of esters is 1. The van der Waals surface area contributed by atoms with Gasteiger partial charge in [-0.2, -0.15) is 0 Å². The van der Waals surface area contributed by atoms with Crippen LogP contribution in [0.3, 0.4) is 0 Å². The van der Waals surface area contributed by atoms with E-state index in [2.05, 4.69) is 4.74 Å². The average molecular weight is 270 g/mol. The maximum atomic E-state index is 11.1. The van der Waals surface area contributed by atoms with E-state index in [1.165, 1.54) is 13.0 Å². The molecule has 8 nitrogen and oxygen atoms in total. The minimum Gasteiger partial charge on any atom is -0.467 e. The van der Waals surface area contributed by atoms with Crippen molar-refractivity contribution >= 4 is 17.3 Å². The van der Waals surface area contributed by atoms with Gasteiger partial charge in [-0.15, -0.1) is 0 Å². The Morgan fingerprint density at radius 3 is 2.53 bits per heavy atom. The van der Waals surface area contributed by atoms with Gasteiger partial charge in [0.25, 0.3) is 5.69 Å². The maximum Gasteiger partial charge on any atom is 0.337 e. The number of hydrogen-bond acceptors (Lipinski definition) is 7. The monoisotopic (exact) mass is 270 g/mol. The number of carbonyl (C=O) groups excluding carboxylic acids is 1. The van der Waals surface area contributed by atoms with Gasteiger partial charge in [0.2, 0.25) is 0 Å². The maximum absolute atomic E-state index is 11.1. The molecule has 0 bridgehead atoms. The highest BCUT2D eigenvalue weighted by Gasteiger charge is 2.29. The van der Waals surface area contributed by atoms with Crippen LogP contribution in [0.15, 0.2) is 12.1 Å². The predicted octanol–water partition coefficient (Wildman–Crippen LogP) is 0.0527. The Morgan fingerprint density at radius 2 is 2.05 bits per heavy atom. The van der Waals surface area contributed by atoms with Crippen LogP contribution < -0.4 is 5.73 Å². The van der Waals surface area contributed by atoms with Gasteiger partial charge >= 0.3 is 5.97 Å². The molecule has 8 heteroatoms. The standard InChI is InChI=1S/C11H14N2O6/c1-5-3-6(7(12)4-8(5)13(17)18)9(14)10(15)11(16)19-2/h3-4,9-10,14-15H,12H2,1-2H3. The van der Waals surface area contributed by atoms with Gasteiger partial charge in [0.15, 0.2) is 6.10 Å². The summed E-state index contributed by atoms with van der Waals surface area (Å²) < 4.78 is 4.29. The molecule has 0 aliphatic rings. The number of nitrogens with zero attached hydrogens (tertiary/aromatic N) is 1. The summed E-state index contributed by atoms with van der Waals surface area (Å²) in [5.41, 5.74) is 5.57. The Kier molecular flexibility index (Phi) is 4.41. The van der Waals surface area contributed by atoms with Gasteiger partial charge in [-0.1, -0.05) is 0 Å². The molecule has 1 aromatic rings. The molecule has 0 saturated carbocycles. The lowest BCUT2D eigenvalue weighted by Crippen LogP contribution is -2.29. The molecule has 0 fully saturated rings. The van der Waals surface area contributed by atoms with Gasteiger partial charge in [-0.25, -0.2) is 4.79 Å². The number of nitro groups is 1. The number of anilines is 1. The fraction of sp³-hybridized carbons (Fsp3) is 0.364. The van der Waals surface area contributed by atoms with Crippen molar-refractivity contribution < 1.29 is 24.7 Å². The summed E-state index contributed by atoms with van der Waals surface area (Å²) >= 11 is 0.